The molecule has 150 valence electrons. The molecular formula is C22H22NO5P. The van der Waals surface area contributed by atoms with Gasteiger partial charge >= 0.3 is 13.7 Å². The zero-order chi connectivity index (χ0) is 20.9. The number of rotatable bonds is 7. The number of hydrogen-bond donors (Lipinski definition) is 1. The van der Waals surface area contributed by atoms with E-state index in [4.69, 9.17) is 13.8 Å². The minimum atomic E-state index is -3.83. The molecule has 0 radical (unpaired) electrons. The van der Waals surface area contributed by atoms with Crippen LogP contribution in [0.4, 0.5) is 5.69 Å². The highest BCUT2D eigenvalue weighted by atomic mass is 31.2. The molecule has 0 fully saturated rings. The molecule has 0 saturated heterocycles. The van der Waals surface area contributed by atoms with Crippen molar-refractivity contribution in [1.82, 2.24) is 0 Å². The lowest BCUT2D eigenvalue weighted by atomic mass is 10.2. The predicted molar refractivity (Wildman–Crippen MR) is 113 cm³/mol. The number of esters is 1. The molecule has 0 saturated carbocycles. The monoisotopic (exact) mass is 411 g/mol. The topological polar surface area (TPSA) is 73.9 Å². The Kier molecular flexibility index (Phi) is 6.25. The lowest BCUT2D eigenvalue weighted by Gasteiger charge is -2.21. The molecule has 0 amide bonds. The highest BCUT2D eigenvalue weighted by Crippen LogP contribution is 2.48. The van der Waals surface area contributed by atoms with Crippen LogP contribution in [0.1, 0.15) is 21.5 Å². The summed E-state index contributed by atoms with van der Waals surface area (Å²) in [5.41, 5.74) is 2.96. The Balaban J connectivity index is 1.86. The number of methoxy groups -OCH3 is 1. The largest absolute Gasteiger partial charge is 0.541 e. The third-order valence-corrected chi connectivity index (χ3v) is 5.50. The van der Waals surface area contributed by atoms with Crippen molar-refractivity contribution < 1.29 is 23.1 Å². The van der Waals surface area contributed by atoms with Crippen LogP contribution in [0.15, 0.2) is 72.8 Å². The summed E-state index contributed by atoms with van der Waals surface area (Å²) >= 11 is 0. The number of anilines is 1. The second-order valence-electron chi connectivity index (χ2n) is 6.49. The Labute approximate surface area is 170 Å². The Bertz CT molecular complexity index is 963. The molecule has 3 aromatic carbocycles. The summed E-state index contributed by atoms with van der Waals surface area (Å²) in [5.74, 6) is 0.362. The quantitative estimate of drug-likeness (QED) is 0.393. The van der Waals surface area contributed by atoms with Crippen molar-refractivity contribution in [3.8, 4) is 11.5 Å². The average molecular weight is 411 g/mol. The zero-order valence-electron chi connectivity index (χ0n) is 16.4. The van der Waals surface area contributed by atoms with Gasteiger partial charge in [-0.3, -0.25) is 5.09 Å². The molecule has 0 aliphatic rings. The van der Waals surface area contributed by atoms with Gasteiger partial charge in [-0.05, 0) is 62.4 Å². The van der Waals surface area contributed by atoms with Crippen LogP contribution >= 0.6 is 7.75 Å². The molecule has 1 N–H and O–H groups in total. The fourth-order valence-electron chi connectivity index (χ4n) is 2.50. The number of aryl methyl sites for hydroxylation is 2. The van der Waals surface area contributed by atoms with Crippen LogP contribution in [0.5, 0.6) is 11.5 Å². The summed E-state index contributed by atoms with van der Waals surface area (Å²) in [5, 5.41) is 2.82. The van der Waals surface area contributed by atoms with Crippen molar-refractivity contribution >= 4 is 19.4 Å². The van der Waals surface area contributed by atoms with Crippen molar-refractivity contribution in [3.05, 3.63) is 89.5 Å². The van der Waals surface area contributed by atoms with E-state index in [1.54, 1.807) is 48.5 Å². The van der Waals surface area contributed by atoms with E-state index in [2.05, 4.69) is 5.09 Å². The van der Waals surface area contributed by atoms with Crippen LogP contribution in [0.3, 0.4) is 0 Å². The van der Waals surface area contributed by atoms with E-state index in [1.807, 2.05) is 38.1 Å². The van der Waals surface area contributed by atoms with Crippen molar-refractivity contribution in [3.63, 3.8) is 0 Å². The van der Waals surface area contributed by atoms with Crippen LogP contribution in [0.2, 0.25) is 0 Å². The Hall–Kier alpha value is -3.24. The third kappa shape index (κ3) is 5.62. The standard InChI is InChI=1S/C22H22NO5P/c1-16-4-12-20(13-5-16)27-29(25,28-21-14-6-17(2)7-15-21)23-19-10-8-18(9-11-19)22(24)26-3/h4-15H,1-3H3,(H,23,25). The first kappa shape index (κ1) is 20.5. The van der Waals surface area contributed by atoms with Gasteiger partial charge in [0.15, 0.2) is 0 Å². The van der Waals surface area contributed by atoms with Crippen LogP contribution < -0.4 is 14.1 Å². The number of nitrogens with one attached hydrogen (secondary N) is 1. The summed E-state index contributed by atoms with van der Waals surface area (Å²) in [6.07, 6.45) is 0. The molecule has 0 atom stereocenters. The first-order valence-electron chi connectivity index (χ1n) is 8.96. The van der Waals surface area contributed by atoms with Gasteiger partial charge in [0.05, 0.1) is 12.7 Å². The zero-order valence-corrected chi connectivity index (χ0v) is 17.3. The number of carbonyl (C=O) groups is 1. The number of ether oxygens (including phenoxy) is 1. The molecular weight excluding hydrogens is 389 g/mol. The van der Waals surface area contributed by atoms with E-state index in [1.165, 1.54) is 7.11 Å². The fourth-order valence-corrected chi connectivity index (χ4v) is 3.89. The summed E-state index contributed by atoms with van der Waals surface area (Å²) in [7, 11) is -2.51. The second kappa shape index (κ2) is 8.84. The second-order valence-corrected chi connectivity index (χ2v) is 8.07. The molecule has 0 bridgehead atoms. The molecule has 0 aromatic heterocycles. The highest BCUT2D eigenvalue weighted by molar-refractivity contribution is 7.56. The van der Waals surface area contributed by atoms with Crippen LogP contribution in [0, 0.1) is 13.8 Å². The van der Waals surface area contributed by atoms with Gasteiger partial charge < -0.3 is 13.8 Å². The maximum absolute atomic E-state index is 13.5. The first-order chi connectivity index (χ1) is 13.9. The van der Waals surface area contributed by atoms with Crippen LogP contribution in [-0.4, -0.2) is 13.1 Å². The van der Waals surface area contributed by atoms with E-state index >= 15 is 0 Å². The van der Waals surface area contributed by atoms with Gasteiger partial charge in [-0.1, -0.05) is 35.4 Å². The highest BCUT2D eigenvalue weighted by Gasteiger charge is 2.29. The number of carbonyl (C=O) groups excluding carboxylic acids is 1. The average Bonchev–Trinajstić information content (AvgIpc) is 2.71. The van der Waals surface area contributed by atoms with Gasteiger partial charge in [-0.25, -0.2) is 9.36 Å². The van der Waals surface area contributed by atoms with Gasteiger partial charge in [0.2, 0.25) is 0 Å². The van der Waals surface area contributed by atoms with Crippen LogP contribution in [0.25, 0.3) is 0 Å². The first-order valence-corrected chi connectivity index (χ1v) is 10.5. The summed E-state index contributed by atoms with van der Waals surface area (Å²) in [6.45, 7) is 3.90. The molecule has 0 aliphatic carbocycles. The smallest absolute Gasteiger partial charge is 0.465 e. The van der Waals surface area contributed by atoms with E-state index in [-0.39, 0.29) is 0 Å². The van der Waals surface area contributed by atoms with Crippen molar-refractivity contribution in [1.29, 1.82) is 0 Å². The Morgan fingerprint density at radius 1 is 0.759 bits per heavy atom. The maximum atomic E-state index is 13.5. The minimum Gasteiger partial charge on any atom is -0.465 e. The summed E-state index contributed by atoms with van der Waals surface area (Å²) in [4.78, 5) is 11.6. The van der Waals surface area contributed by atoms with Gasteiger partial charge in [0.25, 0.3) is 0 Å². The molecule has 0 aliphatic heterocycles. The number of benzene rings is 3. The lowest BCUT2D eigenvalue weighted by Crippen LogP contribution is -2.10. The SMILES string of the molecule is COC(=O)c1ccc(NP(=O)(Oc2ccc(C)cc2)Oc2ccc(C)cc2)cc1. The van der Waals surface area contributed by atoms with E-state index < -0.39 is 13.7 Å². The molecule has 3 aromatic rings. The molecule has 29 heavy (non-hydrogen) atoms. The van der Waals surface area contributed by atoms with Gasteiger partial charge in [0, 0.05) is 5.69 Å². The normalized spacial score (nSPS) is 10.9. The minimum absolute atomic E-state index is 0.381. The maximum Gasteiger partial charge on any atom is 0.541 e. The predicted octanol–water partition coefficient (Wildman–Crippen LogP) is 5.77. The Morgan fingerprint density at radius 2 is 1.21 bits per heavy atom. The molecule has 6 nitrogen and oxygen atoms in total. The molecule has 0 unspecified atom stereocenters. The van der Waals surface area contributed by atoms with Gasteiger partial charge in [0.1, 0.15) is 11.5 Å². The third-order valence-electron chi connectivity index (χ3n) is 4.07. The summed E-state index contributed by atoms with van der Waals surface area (Å²) < 4.78 is 29.7. The Morgan fingerprint density at radius 3 is 1.62 bits per heavy atom. The van der Waals surface area contributed by atoms with Crippen LogP contribution in [-0.2, 0) is 9.30 Å². The molecule has 3 rings (SSSR count). The van der Waals surface area contributed by atoms with E-state index in [0.29, 0.717) is 22.7 Å². The van der Waals surface area contributed by atoms with Crippen molar-refractivity contribution in [2.75, 3.05) is 12.2 Å². The van der Waals surface area contributed by atoms with Gasteiger partial charge in [-0.2, -0.15) is 0 Å². The van der Waals surface area contributed by atoms with E-state index in [0.717, 1.165) is 11.1 Å². The molecule has 7 heteroatoms. The summed E-state index contributed by atoms with van der Waals surface area (Å²) in [6, 6.07) is 20.7. The lowest BCUT2D eigenvalue weighted by molar-refractivity contribution is 0.0600. The van der Waals surface area contributed by atoms with Crippen molar-refractivity contribution in [2.24, 2.45) is 0 Å². The van der Waals surface area contributed by atoms with Gasteiger partial charge in [-0.15, -0.1) is 0 Å². The van der Waals surface area contributed by atoms with Crippen molar-refractivity contribution in [2.45, 2.75) is 13.8 Å². The molecule has 0 spiro atoms. The van der Waals surface area contributed by atoms with E-state index in [9.17, 15) is 9.36 Å². The fraction of sp³-hybridized carbons (Fsp3) is 0.136. The molecule has 0 heterocycles. The number of hydrogen-bond acceptors (Lipinski definition) is 5.